The highest BCUT2D eigenvalue weighted by Gasteiger charge is 2.53. The Morgan fingerprint density at radius 1 is 0.878 bits per heavy atom. The first kappa shape index (κ1) is 59.4. The minimum Gasteiger partial charge on any atom is -0.507 e. The number of carbonyl (C=O) groups excluding carboxylic acids is 5. The first-order valence-corrected chi connectivity index (χ1v) is 28.2. The van der Waals surface area contributed by atoms with Crippen molar-refractivity contribution in [2.45, 2.75) is 137 Å². The predicted molar refractivity (Wildman–Crippen MR) is 298 cm³/mol. The number of esters is 1. The normalized spacial score (nSPS) is 30.0. The van der Waals surface area contributed by atoms with Gasteiger partial charge in [0.05, 0.1) is 58.7 Å². The van der Waals surface area contributed by atoms with E-state index < -0.39 is 129 Å². The number of Topliss-reactive ketones (excluding diaryl/α,β-unsaturated/α-hetero) is 3. The summed E-state index contributed by atoms with van der Waals surface area (Å²) in [4.78, 5) is 101. The third kappa shape index (κ3) is 10.9. The molecule has 10 rings (SSSR count). The molecule has 82 heavy (non-hydrogen) atoms. The molecule has 1 aromatic carbocycles. The number of carboxylic acids is 1. The third-order valence-electron chi connectivity index (χ3n) is 17.7. The van der Waals surface area contributed by atoms with Crippen LogP contribution < -0.4 is 25.8 Å². The Hall–Kier alpha value is -7.20. The van der Waals surface area contributed by atoms with Gasteiger partial charge in [0.25, 0.3) is 17.2 Å². The lowest BCUT2D eigenvalue weighted by Crippen LogP contribution is -2.47. The first-order valence-electron chi connectivity index (χ1n) is 28.2. The van der Waals surface area contributed by atoms with Crippen molar-refractivity contribution in [3.63, 3.8) is 0 Å². The van der Waals surface area contributed by atoms with E-state index in [1.165, 1.54) is 59.3 Å². The molecule has 3 aromatic rings. The smallest absolute Gasteiger partial charge is 0.341 e. The topological polar surface area (TPSA) is 272 Å². The number of nitrogens with zero attached hydrogens (tertiary/aromatic N) is 3. The summed E-state index contributed by atoms with van der Waals surface area (Å²) in [5.41, 5.74) is -0.634. The maximum Gasteiger partial charge on any atom is 0.341 e. The van der Waals surface area contributed by atoms with Crippen LogP contribution in [0.2, 0.25) is 0 Å². The van der Waals surface area contributed by atoms with Gasteiger partial charge >= 0.3 is 17.7 Å². The molecule has 10 atom stereocenters. The van der Waals surface area contributed by atoms with Crippen LogP contribution in [0.1, 0.15) is 145 Å². The molecule has 1 unspecified atom stereocenters. The molecule has 1 amide bonds. The number of ketones is 3. The van der Waals surface area contributed by atoms with E-state index in [1.807, 2.05) is 4.90 Å². The number of nitrogens with one attached hydrogen (secondary N) is 2. The van der Waals surface area contributed by atoms with E-state index in [-0.39, 0.29) is 59.1 Å². The van der Waals surface area contributed by atoms with Crippen molar-refractivity contribution in [3.8, 4) is 11.5 Å². The number of pyridine rings is 2. The summed E-state index contributed by atoms with van der Waals surface area (Å²) in [6.07, 6.45) is 7.74. The Bertz CT molecular complexity index is 3330. The number of aromatic hydroxyl groups is 1. The highest BCUT2D eigenvalue weighted by atomic mass is 19.1. The second kappa shape index (κ2) is 23.2. The van der Waals surface area contributed by atoms with Crippen LogP contribution in [0.3, 0.4) is 0 Å². The molecule has 7 aliphatic rings. The van der Waals surface area contributed by atoms with Crippen LogP contribution in [0.5, 0.6) is 11.5 Å². The van der Waals surface area contributed by atoms with E-state index in [1.54, 1.807) is 51.7 Å². The second-order valence-electron chi connectivity index (χ2n) is 23.4. The van der Waals surface area contributed by atoms with Crippen molar-refractivity contribution in [1.29, 1.82) is 0 Å². The van der Waals surface area contributed by atoms with Gasteiger partial charge in [-0.1, -0.05) is 45.9 Å². The number of piperidine rings is 1. The first-order chi connectivity index (χ1) is 38.8. The summed E-state index contributed by atoms with van der Waals surface area (Å²) in [6.45, 7) is 16.2. The molecule has 20 nitrogen and oxygen atoms in total. The molecule has 6 N–H and O–H groups in total. The molecule has 2 saturated heterocycles. The van der Waals surface area contributed by atoms with Gasteiger partial charge in [0, 0.05) is 88.0 Å². The Kier molecular flexibility index (Phi) is 16.8. The minimum atomic E-state index is -2.14. The van der Waals surface area contributed by atoms with E-state index in [9.17, 15) is 44.4 Å². The number of carbonyl (C=O) groups is 6. The fourth-order valence-corrected chi connectivity index (χ4v) is 12.7. The fraction of sp³-hybridized carbons (Fsp3) is 0.525. The third-order valence-corrected chi connectivity index (χ3v) is 17.7. The number of carboxylic acid groups (broad SMARTS) is 1. The number of aryl methyl sites for hydroxylation is 1. The highest BCUT2D eigenvalue weighted by Crippen LogP contribution is 2.50. The molecular weight excluding hydrogens is 1060 g/mol. The molecule has 7 heterocycles. The number of anilines is 1. The summed E-state index contributed by atoms with van der Waals surface area (Å²) in [6, 6.07) is 1.38. The van der Waals surface area contributed by atoms with Gasteiger partial charge < -0.3 is 59.8 Å². The highest BCUT2D eigenvalue weighted by molar-refractivity contribution is 6.32. The number of phenolic OH excluding ortho intramolecular Hbond substituents is 1. The molecule has 2 aromatic heterocycles. The monoisotopic (exact) mass is 1140 g/mol. The van der Waals surface area contributed by atoms with Crippen LogP contribution in [0.15, 0.2) is 64.6 Å². The molecule has 440 valence electrons. The molecular formula is C61H74FN5O15. The number of allylic oxidation sites excluding steroid dienone is 4. The number of halogens is 1. The molecule has 1 saturated carbocycles. The minimum absolute atomic E-state index is 0.0310. The van der Waals surface area contributed by atoms with Gasteiger partial charge in [0.2, 0.25) is 11.6 Å². The van der Waals surface area contributed by atoms with Crippen molar-refractivity contribution in [3.05, 3.63) is 115 Å². The summed E-state index contributed by atoms with van der Waals surface area (Å²) >= 11 is 0. The lowest BCUT2D eigenvalue weighted by Gasteiger charge is -2.38. The molecule has 2 aliphatic carbocycles. The summed E-state index contributed by atoms with van der Waals surface area (Å²) < 4.78 is 41.1. The quantitative estimate of drug-likeness (QED) is 0.131. The maximum atomic E-state index is 16.1. The lowest BCUT2D eigenvalue weighted by atomic mass is 9.78. The average molecular weight is 1140 g/mol. The number of aromatic carboxylic acids is 1. The van der Waals surface area contributed by atoms with Gasteiger partial charge in [-0.15, -0.1) is 0 Å². The number of benzene rings is 1. The van der Waals surface area contributed by atoms with E-state index in [4.69, 9.17) is 18.9 Å². The van der Waals surface area contributed by atoms with Crippen molar-refractivity contribution in [2.24, 2.45) is 29.6 Å². The van der Waals surface area contributed by atoms with Crippen LogP contribution in [0.4, 0.5) is 10.1 Å². The number of phenols is 1. The number of aromatic nitrogens is 1. The van der Waals surface area contributed by atoms with Crippen LogP contribution in [0, 0.1) is 49.3 Å². The summed E-state index contributed by atoms with van der Waals surface area (Å²) in [5.74, 6) is -11.3. The lowest BCUT2D eigenvalue weighted by molar-refractivity contribution is -0.160. The number of methoxy groups -OCH3 is 1. The zero-order valence-electron chi connectivity index (χ0n) is 48.0. The zero-order chi connectivity index (χ0) is 59.5. The fourth-order valence-electron chi connectivity index (χ4n) is 12.7. The SMILES string of the molecule is CO[C@H]1/C=C/O[C@@]2(C)Oc3c(C)c(O)c4c(c3C2=O)C(=O)C(N2CCC(NCC3CCN(c5c(F)cn6c(=O)c(C(=O)O)cc(C7CC7)c6c5C)C3)CC2)=C(NC(=O)/C(C)=C\C=C\[C@@H](C)[C@H](O)[C@@H](C)[C@H](O)[C@@H](C)[C@@H](OC(C)=O)[C@@H]1C)C4=O. The van der Waals surface area contributed by atoms with E-state index in [0.717, 1.165) is 35.4 Å². The number of ether oxygens (including phenoxy) is 4. The Balaban J connectivity index is 0.989. The molecule has 0 spiro atoms. The van der Waals surface area contributed by atoms with E-state index in [0.29, 0.717) is 49.2 Å². The van der Waals surface area contributed by atoms with Gasteiger partial charge in [-0.3, -0.25) is 33.2 Å². The second-order valence-corrected chi connectivity index (χ2v) is 23.4. The van der Waals surface area contributed by atoms with Crippen LogP contribution in [-0.4, -0.2) is 141 Å². The number of rotatable bonds is 9. The standard InChI is InChI=1S/C61H74FN5O15/c1-28-12-11-13-29(2)58(75)64-46-49(65-21-17-38(18-22-65)63-25-36-16-20-66(26-36)48-31(4)47-39(37-14-15-37)24-40(60(77)78)59(76)67(47)27-41(48)62)54(73)43-44(53(46)72)52(71)34(7)56-45(43)57(74)61(9,82-56)80-23-19-42(79-10)30(3)55(81-35(8)68)33(6)51(70)32(5)50(28)69/h11-13,19,23-24,27-28,30,32-33,36-38,42,50-51,55,63,69-71H,14-18,20-22,25-26H2,1-10H3,(H,64,75)(H,77,78)/b12-11+,23-19+,29-13-/t28-,30-,32-,33-,36?,42+,50+,51+,55+,61+/m1/s1. The van der Waals surface area contributed by atoms with Crippen LogP contribution >= 0.6 is 0 Å². The van der Waals surface area contributed by atoms with Crippen LogP contribution in [0.25, 0.3) is 5.52 Å². The number of amides is 1. The van der Waals surface area contributed by atoms with Gasteiger partial charge in [-0.25, -0.2) is 9.18 Å². The van der Waals surface area contributed by atoms with E-state index in [2.05, 4.69) is 10.6 Å². The predicted octanol–water partition coefficient (Wildman–Crippen LogP) is 6.17. The Morgan fingerprint density at radius 3 is 2.21 bits per heavy atom. The van der Waals surface area contributed by atoms with Crippen molar-refractivity contribution in [1.82, 2.24) is 19.9 Å². The molecule has 3 fully saturated rings. The molecule has 21 heteroatoms. The Labute approximate surface area is 474 Å². The maximum absolute atomic E-state index is 16.1. The zero-order valence-corrected chi connectivity index (χ0v) is 48.0. The van der Waals surface area contributed by atoms with Gasteiger partial charge in [0.15, 0.2) is 5.82 Å². The van der Waals surface area contributed by atoms with Crippen molar-refractivity contribution in [2.75, 3.05) is 44.7 Å². The van der Waals surface area contributed by atoms with Gasteiger partial charge in [-0.2, -0.15) is 0 Å². The Morgan fingerprint density at radius 2 is 1.56 bits per heavy atom. The molecule has 5 bridgehead atoms. The summed E-state index contributed by atoms with van der Waals surface area (Å²) in [7, 11) is 1.42. The number of hydrogen-bond donors (Lipinski definition) is 6. The molecule has 0 radical (unpaired) electrons. The van der Waals surface area contributed by atoms with Gasteiger partial charge in [-0.05, 0) is 94.5 Å². The van der Waals surface area contributed by atoms with Crippen molar-refractivity contribution >= 4 is 46.4 Å². The summed E-state index contributed by atoms with van der Waals surface area (Å²) in [5, 5.41) is 51.1. The number of fused-ring (bicyclic) bond motifs is 15. The average Bonchev–Trinajstić information content (AvgIpc) is 1.70. The largest absolute Gasteiger partial charge is 0.507 e. The number of aliphatic hydroxyl groups is 2. The van der Waals surface area contributed by atoms with E-state index >= 15 is 14.0 Å². The van der Waals surface area contributed by atoms with Crippen molar-refractivity contribution < 1.29 is 72.5 Å². The van der Waals surface area contributed by atoms with Crippen LogP contribution in [-0.2, 0) is 23.8 Å². The number of likely N-dealkylation sites (tertiary alicyclic amines) is 1. The van der Waals surface area contributed by atoms with Gasteiger partial charge in [0.1, 0.15) is 34.6 Å². The molecule has 5 aliphatic heterocycles. The number of hydrogen-bond acceptors (Lipinski definition) is 17. The number of aliphatic hydroxyl groups excluding tert-OH is 2.